The van der Waals surface area contributed by atoms with Gasteiger partial charge >= 0.3 is 20.1 Å². The molecule has 4 aliphatic rings. The molecule has 0 radical (unpaired) electrons. The number of likely N-dealkylation sites (tertiary alicyclic amines) is 2. The Balaban J connectivity index is 0.000000171. The van der Waals surface area contributed by atoms with Gasteiger partial charge in [-0.3, -0.25) is 19.2 Å². The number of nitrogens with one attached hydrogen (secondary N) is 6. The molecule has 0 bridgehead atoms. The van der Waals surface area contributed by atoms with Gasteiger partial charge in [-0.2, -0.15) is 0 Å². The molecule has 16 rings (SSSR count). The number of pyridine rings is 3. The van der Waals surface area contributed by atoms with E-state index < -0.39 is 50.0 Å². The first kappa shape index (κ1) is 89.4. The van der Waals surface area contributed by atoms with E-state index in [4.69, 9.17) is 54.9 Å². The minimum Gasteiger partial charge on any atom is -0.489 e. The predicted molar refractivity (Wildman–Crippen MR) is 466 cm³/mol. The molecule has 10 N–H and O–H groups in total. The van der Waals surface area contributed by atoms with Gasteiger partial charge in [-0.05, 0) is 212 Å². The lowest BCUT2D eigenvalue weighted by atomic mass is 9.87. The van der Waals surface area contributed by atoms with Crippen molar-refractivity contribution in [3.05, 3.63) is 234 Å². The van der Waals surface area contributed by atoms with Crippen molar-refractivity contribution in [2.45, 2.75) is 164 Å². The standard InChI is InChI=1S/C28H32BN5O3.C27H29N5O2.C24H24N4O.C8H13BN2O5.3CH4/c1-19(33-29(2)36)28(35)34-16-14-21(15-17-34)24-12-13-25-27(30-24)32-26(31-25)22-8-10-23(11-9-22)37-18-20-6-4-3-5-7-20;1-18(28)27(33)32-15-13-20(14-16-32)23-11-12-24-26(29-23)31-25(30-24)21-7-9-22(10-8-21)34-17-19-5-3-2-4-6-19;1-2-4-17(5-3-1)16-29-20-8-6-19(7-9-20)23-27-22-11-10-21(26-24(22)28-23)18-12-14-25-15-13-18;1-5(10-9(2)15)8(14)16-11-6(12)3-4-7(11)13;;;/h3-13,19,21,33,36H,14-18H2,1-2H3,(H,30,31,32);2-12,18,20H,13-17,28H2,1H3,(H,29,30,31);1-11,18,25H,12-16H2,(H,26,27,28);5,10,15H,3-4H2,1-2H3;3*1H4/t19-;18-;;5-;;;/m11.1.../s1. The van der Waals surface area contributed by atoms with Crippen molar-refractivity contribution in [3.8, 4) is 51.4 Å². The van der Waals surface area contributed by atoms with E-state index in [0.29, 0.717) is 61.1 Å². The summed E-state index contributed by atoms with van der Waals surface area (Å²) >= 11 is 0. The van der Waals surface area contributed by atoms with Crippen molar-refractivity contribution in [2.75, 3.05) is 39.3 Å². The second kappa shape index (κ2) is 42.9. The summed E-state index contributed by atoms with van der Waals surface area (Å²) in [6, 6.07) is 65.1. The molecule has 12 aromatic rings. The van der Waals surface area contributed by atoms with Gasteiger partial charge < -0.3 is 75.4 Å². The third-order valence-corrected chi connectivity index (χ3v) is 20.7. The number of imidazole rings is 3. The normalized spacial score (nSPS) is 15.1. The van der Waals surface area contributed by atoms with E-state index >= 15 is 0 Å². The molecule has 119 heavy (non-hydrogen) atoms. The summed E-state index contributed by atoms with van der Waals surface area (Å²) in [4.78, 5) is 106. The largest absolute Gasteiger partial charge is 0.489 e. The third-order valence-electron chi connectivity index (χ3n) is 20.7. The highest BCUT2D eigenvalue weighted by atomic mass is 16.7. The molecule has 0 aliphatic carbocycles. The number of benzene rings is 6. The van der Waals surface area contributed by atoms with Crippen LogP contribution in [-0.2, 0) is 48.6 Å². The number of imide groups is 1. The van der Waals surface area contributed by atoms with Crippen molar-refractivity contribution in [3.63, 3.8) is 0 Å². The number of nitrogens with zero attached hydrogens (tertiary/aromatic N) is 9. The topological polar surface area (TPSA) is 359 Å². The molecule has 622 valence electrons. The van der Waals surface area contributed by atoms with Crippen molar-refractivity contribution in [2.24, 2.45) is 5.73 Å². The fourth-order valence-corrected chi connectivity index (χ4v) is 14.3. The van der Waals surface area contributed by atoms with Gasteiger partial charge in [-0.1, -0.05) is 113 Å². The van der Waals surface area contributed by atoms with Crippen molar-refractivity contribution < 1.29 is 53.1 Å². The van der Waals surface area contributed by atoms with E-state index in [-0.39, 0.29) is 52.9 Å². The van der Waals surface area contributed by atoms with Crippen LogP contribution in [0, 0.1) is 0 Å². The fraction of sp³-hybridized carbons (Fsp3) is 0.344. The molecule has 0 unspecified atom stereocenters. The zero-order valence-corrected chi connectivity index (χ0v) is 65.9. The van der Waals surface area contributed by atoms with E-state index in [2.05, 4.69) is 72.0 Å². The SMILES string of the molecule is C.C.C.CB(O)N[C@H](C)C(=O)N1CCC(c2ccc3[nH]c(-c4ccc(OCc5ccccc5)cc4)nc3n2)CC1.CB(O)N[C@H](C)C(=O)ON1C(=O)CCC1=O.C[C@@H](N)C(=O)N1CCC(c2ccc3[nH]c(-c4ccc(OCc5ccccc5)cc4)nc3n2)CC1.c1ccc(COc2ccc(-c3nc4nc(C5CCNCC5)ccc4[nH]3)cc2)cc1. The fourth-order valence-electron chi connectivity index (χ4n) is 14.3. The molecule has 4 fully saturated rings. The lowest BCUT2D eigenvalue weighted by Crippen LogP contribution is -2.51. The number of carbonyl (C=O) groups excluding carboxylic acids is 5. The Kier molecular flexibility index (Phi) is 32.2. The van der Waals surface area contributed by atoms with Crippen LogP contribution in [-0.4, -0.2) is 171 Å². The molecular weight excluding hydrogens is 1500 g/mol. The zero-order valence-electron chi connectivity index (χ0n) is 65.9. The third kappa shape index (κ3) is 24.4. The van der Waals surface area contributed by atoms with Crippen molar-refractivity contribution >= 4 is 77.2 Å². The number of hydrogen-bond donors (Lipinski definition) is 9. The Morgan fingerprint density at radius 3 is 1.09 bits per heavy atom. The van der Waals surface area contributed by atoms with Gasteiger partial charge in [0, 0.05) is 90.5 Å². The van der Waals surface area contributed by atoms with E-state index in [9.17, 15) is 29.0 Å². The highest BCUT2D eigenvalue weighted by molar-refractivity contribution is 6.46. The predicted octanol–water partition coefficient (Wildman–Crippen LogP) is 13.5. The molecule has 29 heteroatoms. The van der Waals surface area contributed by atoms with Crippen LogP contribution >= 0.6 is 0 Å². The molecule has 0 saturated carbocycles. The van der Waals surface area contributed by atoms with Crippen LogP contribution < -0.4 is 35.7 Å². The van der Waals surface area contributed by atoms with Crippen molar-refractivity contribution in [1.29, 1.82) is 0 Å². The quantitative estimate of drug-likeness (QED) is 0.0212. The van der Waals surface area contributed by atoms with Gasteiger partial charge in [0.25, 0.3) is 11.8 Å². The summed E-state index contributed by atoms with van der Waals surface area (Å²) in [6.45, 7) is 14.6. The van der Waals surface area contributed by atoms with Gasteiger partial charge in [0.05, 0.1) is 34.7 Å². The minimum atomic E-state index is -0.882. The first-order valence-corrected chi connectivity index (χ1v) is 39.7. The number of fused-ring (bicyclic) bond motifs is 3. The van der Waals surface area contributed by atoms with Gasteiger partial charge in [-0.15, -0.1) is 5.06 Å². The Labute approximate surface area is 696 Å². The highest BCUT2D eigenvalue weighted by Crippen LogP contribution is 2.34. The second-order valence-electron chi connectivity index (χ2n) is 29.6. The van der Waals surface area contributed by atoms with Crippen LogP contribution in [0.3, 0.4) is 0 Å². The second-order valence-corrected chi connectivity index (χ2v) is 29.6. The first-order valence-electron chi connectivity index (χ1n) is 39.7. The lowest BCUT2D eigenvalue weighted by molar-refractivity contribution is -0.198. The van der Waals surface area contributed by atoms with Gasteiger partial charge in [0.15, 0.2) is 16.9 Å². The number of aromatic nitrogens is 9. The molecule has 27 nitrogen and oxygen atoms in total. The first-order chi connectivity index (χ1) is 56.3. The Hall–Kier alpha value is -12.0. The lowest BCUT2D eigenvalue weighted by Gasteiger charge is -2.33. The zero-order chi connectivity index (χ0) is 81.0. The summed E-state index contributed by atoms with van der Waals surface area (Å²) in [5.41, 5.74) is 20.3. The molecule has 4 aliphatic heterocycles. The summed E-state index contributed by atoms with van der Waals surface area (Å²) in [6.07, 6.45) is 5.88. The molecule has 0 spiro atoms. The molecule has 4 saturated heterocycles. The van der Waals surface area contributed by atoms with E-state index in [1.54, 1.807) is 20.7 Å². The number of hydrogen-bond acceptors (Lipinski definition) is 21. The number of piperidine rings is 3. The number of H-pyrrole nitrogens is 3. The molecular formula is C90H110B2N16O11. The van der Waals surface area contributed by atoms with Crippen LogP contribution in [0.15, 0.2) is 200 Å². The summed E-state index contributed by atoms with van der Waals surface area (Å²) < 4.78 is 17.7. The molecule has 10 heterocycles. The Morgan fingerprint density at radius 1 is 0.445 bits per heavy atom. The number of hydroxylamine groups is 2. The smallest absolute Gasteiger partial charge is 0.374 e. The number of aromatic amines is 3. The number of rotatable bonds is 23. The highest BCUT2D eigenvalue weighted by Gasteiger charge is 2.35. The number of amides is 4. The molecule has 6 aromatic carbocycles. The number of nitrogens with two attached hydrogens (primary N) is 1. The molecule has 6 aromatic heterocycles. The van der Waals surface area contributed by atoms with Gasteiger partial charge in [0.1, 0.15) is 54.5 Å². The average molecular weight is 1610 g/mol. The van der Waals surface area contributed by atoms with Crippen molar-refractivity contribution in [1.82, 2.24) is 75.5 Å². The molecule has 3 atom stereocenters. The van der Waals surface area contributed by atoms with E-state index in [1.165, 1.54) is 13.7 Å². The Morgan fingerprint density at radius 2 is 0.765 bits per heavy atom. The van der Waals surface area contributed by atoms with Gasteiger partial charge in [0.2, 0.25) is 11.8 Å². The van der Waals surface area contributed by atoms with E-state index in [1.807, 2.05) is 174 Å². The monoisotopic (exact) mass is 1610 g/mol. The van der Waals surface area contributed by atoms with Gasteiger partial charge in [-0.25, -0.2) is 34.7 Å². The summed E-state index contributed by atoms with van der Waals surface area (Å²) in [5.74, 6) is 4.22. The average Bonchev–Trinajstić information content (AvgIpc) is 1.68. The minimum absolute atomic E-state index is 0. The van der Waals surface area contributed by atoms with Crippen LogP contribution in [0.25, 0.3) is 67.7 Å². The molecule has 4 amide bonds. The number of ether oxygens (including phenoxy) is 3. The number of carbonyl (C=O) groups is 5. The van der Waals surface area contributed by atoms with Crippen LogP contribution in [0.4, 0.5) is 0 Å². The van der Waals surface area contributed by atoms with Crippen LogP contribution in [0.2, 0.25) is 13.6 Å². The van der Waals surface area contributed by atoms with E-state index in [0.717, 1.165) is 172 Å². The Bertz CT molecular complexity index is 5220. The summed E-state index contributed by atoms with van der Waals surface area (Å²) in [5, 5.41) is 27.7. The van der Waals surface area contributed by atoms with Crippen LogP contribution in [0.1, 0.15) is 146 Å². The summed E-state index contributed by atoms with van der Waals surface area (Å²) in [7, 11) is -1.59. The van der Waals surface area contributed by atoms with Crippen LogP contribution in [0.5, 0.6) is 17.2 Å². The maximum atomic E-state index is 12.6. The maximum Gasteiger partial charge on any atom is 0.374 e. The maximum absolute atomic E-state index is 12.6.